The summed E-state index contributed by atoms with van der Waals surface area (Å²) in [6.45, 7) is 1.60. The summed E-state index contributed by atoms with van der Waals surface area (Å²) in [5.41, 5.74) is 0.784. The normalized spacial score (nSPS) is 21.6. The molecular weight excluding hydrogens is 507 g/mol. The predicted octanol–water partition coefficient (Wildman–Crippen LogP) is 4.11. The first kappa shape index (κ1) is 24.8. The minimum absolute atomic E-state index is 0.000531. The molecule has 0 aliphatic carbocycles. The lowest BCUT2D eigenvalue weighted by Crippen LogP contribution is -2.40. The van der Waals surface area contributed by atoms with Crippen molar-refractivity contribution in [2.45, 2.75) is 47.2 Å². The van der Waals surface area contributed by atoms with Crippen molar-refractivity contribution in [3.63, 3.8) is 0 Å². The molecule has 0 unspecified atom stereocenters. The summed E-state index contributed by atoms with van der Waals surface area (Å²) >= 11 is 1.64. The molecule has 3 aromatic carbocycles. The molecule has 0 saturated carbocycles. The number of aromatic amines is 1. The quantitative estimate of drug-likeness (QED) is 0.402. The third-order valence-corrected chi connectivity index (χ3v) is 8.28. The second-order valence-electron chi connectivity index (χ2n) is 9.50. The number of rotatable bonds is 5. The van der Waals surface area contributed by atoms with Crippen molar-refractivity contribution in [3.05, 3.63) is 128 Å². The first-order chi connectivity index (χ1) is 18.4. The Balaban J connectivity index is 1.39. The number of halogens is 1. The van der Waals surface area contributed by atoms with Gasteiger partial charge in [-0.15, -0.1) is 0 Å². The molecule has 6 rings (SSSR count). The second-order valence-corrected chi connectivity index (χ2v) is 10.6. The number of ether oxygens (including phenoxy) is 2. The molecule has 1 saturated heterocycles. The van der Waals surface area contributed by atoms with E-state index in [-0.39, 0.29) is 18.8 Å². The molecule has 0 amide bonds. The predicted molar refractivity (Wildman–Crippen MR) is 140 cm³/mol. The van der Waals surface area contributed by atoms with Gasteiger partial charge in [-0.2, -0.15) is 0 Å². The Hall–Kier alpha value is -3.50. The van der Waals surface area contributed by atoms with Crippen LogP contribution in [0.5, 0.6) is 0 Å². The molecule has 3 atom stereocenters. The molecule has 2 aliphatic heterocycles. The van der Waals surface area contributed by atoms with E-state index in [0.29, 0.717) is 5.56 Å². The summed E-state index contributed by atoms with van der Waals surface area (Å²) in [4.78, 5) is 28.5. The van der Waals surface area contributed by atoms with Gasteiger partial charge in [-0.25, -0.2) is 9.18 Å². The molecule has 4 aromatic rings. The smallest absolute Gasteiger partial charge is 0.330 e. The Morgan fingerprint density at radius 3 is 2.34 bits per heavy atom. The van der Waals surface area contributed by atoms with Crippen LogP contribution in [0.25, 0.3) is 0 Å². The number of benzene rings is 3. The lowest BCUT2D eigenvalue weighted by atomic mass is 9.79. The van der Waals surface area contributed by atoms with Crippen molar-refractivity contribution >= 4 is 11.8 Å². The average molecular weight is 533 g/mol. The molecule has 1 fully saturated rings. The zero-order valence-corrected chi connectivity index (χ0v) is 21.3. The van der Waals surface area contributed by atoms with Crippen molar-refractivity contribution in [1.29, 1.82) is 0 Å². The van der Waals surface area contributed by atoms with Crippen LogP contribution in [0, 0.1) is 12.7 Å². The Kier molecular flexibility index (Phi) is 6.31. The maximum Gasteiger partial charge on any atom is 0.330 e. The van der Waals surface area contributed by atoms with Crippen LogP contribution in [0.4, 0.5) is 4.39 Å². The van der Waals surface area contributed by atoms with Gasteiger partial charge in [0, 0.05) is 39.1 Å². The van der Waals surface area contributed by atoms with Gasteiger partial charge in [0.2, 0.25) is 0 Å². The van der Waals surface area contributed by atoms with E-state index in [2.05, 4.69) is 4.98 Å². The fourth-order valence-corrected chi connectivity index (χ4v) is 6.41. The third kappa shape index (κ3) is 4.12. The van der Waals surface area contributed by atoms with Crippen LogP contribution in [-0.4, -0.2) is 33.5 Å². The Bertz CT molecular complexity index is 1570. The standard InChI is InChI=1S/C29H25FN2O5S/c1-17-15-32(28(35)31-27(17)34)26-14-22(33)23(37-26)16-36-29(18-10-12-19(30)13-11-18)20-6-2-4-8-24(20)38-25-9-5-3-7-21(25)29/h2-13,15,22-23,26,33H,14,16H2,1H3,(H,31,34,35)/t22-,23+,26+/m0/s1. The highest BCUT2D eigenvalue weighted by molar-refractivity contribution is 7.99. The van der Waals surface area contributed by atoms with Crippen molar-refractivity contribution in [2.75, 3.05) is 6.61 Å². The van der Waals surface area contributed by atoms with Gasteiger partial charge in [-0.1, -0.05) is 60.3 Å². The second kappa shape index (κ2) is 9.67. The third-order valence-electron chi connectivity index (χ3n) is 7.13. The van der Waals surface area contributed by atoms with Crippen molar-refractivity contribution in [1.82, 2.24) is 9.55 Å². The molecule has 7 nitrogen and oxygen atoms in total. The van der Waals surface area contributed by atoms with Gasteiger partial charge < -0.3 is 14.6 Å². The number of H-pyrrole nitrogens is 1. The number of aliphatic hydroxyl groups excluding tert-OH is 1. The lowest BCUT2D eigenvalue weighted by Gasteiger charge is -2.41. The SMILES string of the molecule is Cc1cn([C@H]2C[C@H](O)[C@@H](COC3(c4ccc(F)cc4)c4ccccc4Sc4ccccc43)O2)c(=O)[nH]c1=O. The summed E-state index contributed by atoms with van der Waals surface area (Å²) in [6, 6.07) is 22.1. The van der Waals surface area contributed by atoms with Crippen LogP contribution >= 0.6 is 11.8 Å². The van der Waals surface area contributed by atoms with Gasteiger partial charge in [-0.05, 0) is 36.8 Å². The number of aliphatic hydroxyl groups is 1. The molecule has 2 aliphatic rings. The first-order valence-electron chi connectivity index (χ1n) is 12.3. The van der Waals surface area contributed by atoms with Gasteiger partial charge in [0.25, 0.3) is 5.56 Å². The minimum atomic E-state index is -1.08. The maximum atomic E-state index is 14.0. The summed E-state index contributed by atoms with van der Waals surface area (Å²) in [6.07, 6.45) is -0.818. The fraction of sp³-hybridized carbons (Fsp3) is 0.241. The van der Waals surface area contributed by atoms with E-state index in [4.69, 9.17) is 9.47 Å². The van der Waals surface area contributed by atoms with E-state index in [1.54, 1.807) is 30.8 Å². The summed E-state index contributed by atoms with van der Waals surface area (Å²) in [5.74, 6) is -0.352. The molecule has 3 heterocycles. The monoisotopic (exact) mass is 532 g/mol. The number of nitrogens with zero attached hydrogens (tertiary/aromatic N) is 1. The van der Waals surface area contributed by atoms with Crippen LogP contribution in [0.1, 0.15) is 34.9 Å². The number of aryl methyl sites for hydroxylation is 1. The van der Waals surface area contributed by atoms with E-state index >= 15 is 0 Å². The first-order valence-corrected chi connectivity index (χ1v) is 13.1. The topological polar surface area (TPSA) is 93.6 Å². The van der Waals surface area contributed by atoms with Crippen LogP contribution in [0.15, 0.2) is 98.4 Å². The van der Waals surface area contributed by atoms with E-state index in [1.807, 2.05) is 48.5 Å². The van der Waals surface area contributed by atoms with E-state index < -0.39 is 35.3 Å². The molecule has 0 spiro atoms. The number of nitrogens with one attached hydrogen (secondary N) is 1. The van der Waals surface area contributed by atoms with Gasteiger partial charge in [0.05, 0.1) is 12.7 Å². The van der Waals surface area contributed by atoms with Crippen LogP contribution in [0.2, 0.25) is 0 Å². The van der Waals surface area contributed by atoms with Crippen molar-refractivity contribution in [3.8, 4) is 0 Å². The van der Waals surface area contributed by atoms with Crippen LogP contribution in [0.3, 0.4) is 0 Å². The highest BCUT2D eigenvalue weighted by atomic mass is 32.2. The van der Waals surface area contributed by atoms with Crippen molar-refractivity contribution < 1.29 is 19.0 Å². The molecular formula is C29H25FN2O5S. The maximum absolute atomic E-state index is 14.0. The number of fused-ring (bicyclic) bond motifs is 2. The van der Waals surface area contributed by atoms with E-state index in [0.717, 1.165) is 26.5 Å². The largest absolute Gasteiger partial charge is 0.390 e. The molecule has 194 valence electrons. The number of hydrogen-bond donors (Lipinski definition) is 2. The molecule has 2 N–H and O–H groups in total. The zero-order chi connectivity index (χ0) is 26.4. The summed E-state index contributed by atoms with van der Waals surface area (Å²) in [5, 5.41) is 10.9. The summed E-state index contributed by atoms with van der Waals surface area (Å²) < 4.78 is 28.2. The molecule has 1 aromatic heterocycles. The summed E-state index contributed by atoms with van der Waals surface area (Å²) in [7, 11) is 0. The molecule has 9 heteroatoms. The zero-order valence-electron chi connectivity index (χ0n) is 20.5. The number of hydrogen-bond acceptors (Lipinski definition) is 6. The van der Waals surface area contributed by atoms with Crippen LogP contribution in [-0.2, 0) is 15.1 Å². The van der Waals surface area contributed by atoms with Crippen LogP contribution < -0.4 is 11.2 Å². The molecule has 0 radical (unpaired) electrons. The average Bonchev–Trinajstić information content (AvgIpc) is 3.29. The molecule has 38 heavy (non-hydrogen) atoms. The lowest BCUT2D eigenvalue weighted by molar-refractivity contribution is -0.0958. The van der Waals surface area contributed by atoms with E-state index in [9.17, 15) is 19.1 Å². The van der Waals surface area contributed by atoms with E-state index in [1.165, 1.54) is 22.9 Å². The van der Waals surface area contributed by atoms with Gasteiger partial charge in [0.15, 0.2) is 0 Å². The van der Waals surface area contributed by atoms with Crippen molar-refractivity contribution in [2.24, 2.45) is 0 Å². The fourth-order valence-electron chi connectivity index (χ4n) is 5.23. The Morgan fingerprint density at radius 2 is 1.68 bits per heavy atom. The van der Waals surface area contributed by atoms with Gasteiger partial charge in [-0.3, -0.25) is 14.3 Å². The highest BCUT2D eigenvalue weighted by Gasteiger charge is 2.46. The Morgan fingerprint density at radius 1 is 1.05 bits per heavy atom. The van der Waals surface area contributed by atoms with Gasteiger partial charge in [0.1, 0.15) is 23.8 Å². The minimum Gasteiger partial charge on any atom is -0.390 e. The Labute approximate surface area is 221 Å². The highest BCUT2D eigenvalue weighted by Crippen LogP contribution is 2.53. The number of aromatic nitrogens is 2. The molecule has 0 bridgehead atoms. The van der Waals surface area contributed by atoms with Gasteiger partial charge >= 0.3 is 5.69 Å².